The zero-order valence-corrected chi connectivity index (χ0v) is 62.5. The van der Waals surface area contributed by atoms with E-state index in [-0.39, 0.29) is 28.9 Å². The Morgan fingerprint density at radius 2 is 0.589 bits per heavy atom. The molecular weight excluding hydrogens is 1380 g/mol. The third-order valence-electron chi connectivity index (χ3n) is 21.8. The molecule has 2 aliphatic rings. The van der Waals surface area contributed by atoms with Crippen LogP contribution >= 0.6 is 0 Å². The summed E-state index contributed by atoms with van der Waals surface area (Å²) < 4.78 is 48.9. The second-order valence-electron chi connectivity index (χ2n) is 31.0. The van der Waals surface area contributed by atoms with E-state index >= 15 is 13.2 Å². The lowest BCUT2D eigenvalue weighted by Crippen LogP contribution is -2.61. The molecule has 2 aliphatic heterocycles. The van der Waals surface area contributed by atoms with E-state index in [4.69, 9.17) is 29.9 Å². The zero-order valence-electron chi connectivity index (χ0n) is 62.5. The second kappa shape index (κ2) is 27.2. The van der Waals surface area contributed by atoms with E-state index in [9.17, 15) is 0 Å². The third-order valence-corrected chi connectivity index (χ3v) is 21.8. The molecule has 19 rings (SSSR count). The van der Waals surface area contributed by atoms with E-state index in [0.29, 0.717) is 57.0 Å². The number of rotatable bonds is 12. The van der Waals surface area contributed by atoms with Gasteiger partial charge in [-0.3, -0.25) is 0 Å². The van der Waals surface area contributed by atoms with Crippen LogP contribution in [0.2, 0.25) is 0 Å². The van der Waals surface area contributed by atoms with Crippen LogP contribution in [-0.4, -0.2) is 41.2 Å². The topological polar surface area (TPSA) is 88.8 Å². The molecule has 538 valence electrons. The first-order chi connectivity index (χ1) is 54.4. The van der Waals surface area contributed by atoms with Gasteiger partial charge < -0.3 is 14.4 Å². The Balaban J connectivity index is 0.897. The molecule has 0 amide bonds. The number of aromatic nitrogens is 7. The molecule has 0 spiro atoms. The number of fused-ring (bicyclic) bond motifs is 7. The fourth-order valence-electron chi connectivity index (χ4n) is 16.1. The van der Waals surface area contributed by atoms with E-state index in [1.54, 1.807) is 6.07 Å². The summed E-state index contributed by atoms with van der Waals surface area (Å²) in [6.07, 6.45) is -4.73. The lowest BCUT2D eigenvalue weighted by atomic mass is 9.33. The van der Waals surface area contributed by atoms with Gasteiger partial charge in [-0.1, -0.05) is 278 Å². The van der Waals surface area contributed by atoms with Crippen molar-refractivity contribution in [2.75, 3.05) is 9.80 Å². The smallest absolute Gasteiger partial charge is 0.311 e. The van der Waals surface area contributed by atoms with Crippen molar-refractivity contribution in [1.82, 2.24) is 34.5 Å². The first kappa shape index (κ1) is 68.9. The maximum atomic E-state index is 15.6. The van der Waals surface area contributed by atoms with Gasteiger partial charge in [-0.25, -0.2) is 29.9 Å². The van der Waals surface area contributed by atoms with Crippen molar-refractivity contribution in [1.29, 1.82) is 0 Å². The molecule has 0 unspecified atom stereocenters. The minimum Gasteiger partial charge on any atom is -0.311 e. The van der Waals surface area contributed by atoms with E-state index in [2.05, 4.69) is 238 Å². The van der Waals surface area contributed by atoms with Gasteiger partial charge in [0.05, 0.1) is 22.3 Å². The summed E-state index contributed by atoms with van der Waals surface area (Å²) in [6.45, 7) is 13.5. The summed E-state index contributed by atoms with van der Waals surface area (Å²) in [5, 5.41) is 1.61. The second-order valence-corrected chi connectivity index (χ2v) is 31.0. The fraction of sp³-hybridized carbons (Fsp3) is 0.0909. The number of hydrogen-bond donors (Lipinski definition) is 0. The number of nitrogens with zero attached hydrogens (tertiary/aromatic N) is 9. The molecule has 0 radical (unpaired) electrons. The molecule has 9 nitrogen and oxygen atoms in total. The molecule has 0 aliphatic carbocycles. The van der Waals surface area contributed by atoms with Crippen LogP contribution in [0.15, 0.2) is 334 Å². The minimum atomic E-state index is -4.73. The highest BCUT2D eigenvalue weighted by Crippen LogP contribution is 2.50. The first-order valence-corrected chi connectivity index (χ1v) is 37.8. The molecular formula is C99H73BF3N9. The molecule has 112 heavy (non-hydrogen) atoms. The summed E-state index contributed by atoms with van der Waals surface area (Å²) in [5.74, 6) is 2.13. The maximum Gasteiger partial charge on any atom is 0.416 e. The summed E-state index contributed by atoms with van der Waals surface area (Å²) in [5.41, 5.74) is 23.0. The Kier molecular flexibility index (Phi) is 16.7. The Morgan fingerprint density at radius 3 is 0.973 bits per heavy atom. The SMILES string of the molecule is CC(C)(C)c1ccc2c(c1)N(c1ccc(-c3ccccc3)cc1)c1cc(-c3ccc4c(c3)c3cc(-c5nc(-c6ccccc6)nc(-c6ccccc6)n5)ccc3n4-c3ccc(C(F)(F)F)cc3-c3nc(-c4ccccc4)nc(-c4ccccc4)n3)cc3c1B2c1ccc(C(C)(C)C)cc1N3c1ccc(-c2ccccc2)cc1. The molecule has 3 aromatic heterocycles. The van der Waals surface area contributed by atoms with Crippen molar-refractivity contribution in [2.45, 2.75) is 58.5 Å². The summed E-state index contributed by atoms with van der Waals surface area (Å²) >= 11 is 0. The van der Waals surface area contributed by atoms with Gasteiger partial charge in [0.15, 0.2) is 34.9 Å². The van der Waals surface area contributed by atoms with Gasteiger partial charge in [0.1, 0.15) is 0 Å². The number of hydrogen-bond acceptors (Lipinski definition) is 8. The van der Waals surface area contributed by atoms with E-state index < -0.39 is 11.7 Å². The quantitative estimate of drug-likeness (QED) is 0.112. The first-order valence-electron chi connectivity index (χ1n) is 37.8. The van der Waals surface area contributed by atoms with Crippen LogP contribution in [0.4, 0.5) is 47.3 Å². The Morgan fingerprint density at radius 1 is 0.259 bits per heavy atom. The highest BCUT2D eigenvalue weighted by atomic mass is 19.4. The Bertz CT molecular complexity index is 6200. The Hall–Kier alpha value is -13.6. The minimum absolute atomic E-state index is 0.0661. The molecule has 0 saturated heterocycles. The molecule has 0 fully saturated rings. The Labute approximate surface area is 648 Å². The van der Waals surface area contributed by atoms with E-state index in [1.807, 2.05) is 133 Å². The number of benzene rings is 14. The van der Waals surface area contributed by atoms with Crippen LogP contribution in [0, 0.1) is 0 Å². The van der Waals surface area contributed by atoms with Gasteiger partial charge >= 0.3 is 6.18 Å². The number of anilines is 6. The highest BCUT2D eigenvalue weighted by Gasteiger charge is 2.45. The predicted octanol–water partition coefficient (Wildman–Crippen LogP) is 23.9. The van der Waals surface area contributed by atoms with E-state index in [1.165, 1.54) is 33.6 Å². The average molecular weight is 1460 g/mol. The van der Waals surface area contributed by atoms with Gasteiger partial charge in [0.2, 0.25) is 0 Å². The molecule has 0 N–H and O–H groups in total. The van der Waals surface area contributed by atoms with E-state index in [0.717, 1.165) is 101 Å². The van der Waals surface area contributed by atoms with Crippen molar-refractivity contribution in [2.24, 2.45) is 0 Å². The van der Waals surface area contributed by atoms with Crippen molar-refractivity contribution in [3.8, 4) is 107 Å². The van der Waals surface area contributed by atoms with Gasteiger partial charge in [-0.2, -0.15) is 13.2 Å². The van der Waals surface area contributed by atoms with Crippen LogP contribution in [0.3, 0.4) is 0 Å². The largest absolute Gasteiger partial charge is 0.416 e. The molecule has 13 heteroatoms. The zero-order chi connectivity index (χ0) is 76.2. The third kappa shape index (κ3) is 12.4. The molecule has 0 saturated carbocycles. The molecule has 14 aromatic carbocycles. The van der Waals surface area contributed by atoms with Crippen LogP contribution in [0.1, 0.15) is 58.2 Å². The van der Waals surface area contributed by atoms with Crippen molar-refractivity contribution in [3.05, 3.63) is 350 Å². The molecule has 0 bridgehead atoms. The molecule has 0 atom stereocenters. The van der Waals surface area contributed by atoms with Gasteiger partial charge in [0, 0.05) is 78.3 Å². The van der Waals surface area contributed by atoms with Crippen molar-refractivity contribution >= 4 is 79.0 Å². The predicted molar refractivity (Wildman–Crippen MR) is 453 cm³/mol. The van der Waals surface area contributed by atoms with Gasteiger partial charge in [-0.05, 0) is 169 Å². The normalized spacial score (nSPS) is 12.6. The van der Waals surface area contributed by atoms with Crippen LogP contribution < -0.4 is 26.2 Å². The monoisotopic (exact) mass is 1460 g/mol. The van der Waals surface area contributed by atoms with Crippen molar-refractivity contribution < 1.29 is 13.2 Å². The van der Waals surface area contributed by atoms with Crippen molar-refractivity contribution in [3.63, 3.8) is 0 Å². The lowest BCUT2D eigenvalue weighted by Gasteiger charge is -2.45. The fourth-order valence-corrected chi connectivity index (χ4v) is 16.1. The number of halogens is 3. The molecule has 5 heterocycles. The van der Waals surface area contributed by atoms with Crippen LogP contribution in [-0.2, 0) is 17.0 Å². The summed E-state index contributed by atoms with van der Waals surface area (Å²) in [6, 6.07) is 113. The summed E-state index contributed by atoms with van der Waals surface area (Å²) in [7, 11) is 0. The summed E-state index contributed by atoms with van der Waals surface area (Å²) in [4.78, 5) is 35.8. The average Bonchev–Trinajstić information content (AvgIpc) is 0.775. The maximum absolute atomic E-state index is 15.6. The van der Waals surface area contributed by atoms with Gasteiger partial charge in [0.25, 0.3) is 6.71 Å². The molecule has 17 aromatic rings. The lowest BCUT2D eigenvalue weighted by molar-refractivity contribution is -0.137. The van der Waals surface area contributed by atoms with Gasteiger partial charge in [-0.15, -0.1) is 0 Å². The standard InChI is InChI=1S/C99H73BF3N9/c1-97(2,3)73-43-50-81-86(60-73)110(76-46-37-64(38-47-76)62-25-13-7-14-26-62)88-57-72(58-89-90(88)100(81)82-51-44-74(98(4,5)6)61-87(82)111(89)77-48-39-65(40-49-77)63-27-15-8-16-28-63)70-41-52-83-78(55-70)79-56-71(95-106-91(66-29-17-9-18-30-66)104-92(107-95)67-31-19-10-20-32-67)42-53-84(79)112(83)85-54-45-75(99(101,102)103)59-80(85)96-108-93(68-33-21-11-22-34-68)105-94(109-96)69-35-23-12-24-36-69/h7-61H,1-6H3. The van der Waals surface area contributed by atoms with Crippen LogP contribution in [0.5, 0.6) is 0 Å². The number of alkyl halides is 3. The van der Waals surface area contributed by atoms with Crippen LogP contribution in [0.25, 0.3) is 129 Å². The highest BCUT2D eigenvalue weighted by molar-refractivity contribution is 7.00.